The monoisotopic (exact) mass is 269 g/mol. The third kappa shape index (κ3) is 2.31. The summed E-state index contributed by atoms with van der Waals surface area (Å²) in [7, 11) is 0. The van der Waals surface area contributed by atoms with E-state index in [-0.39, 0.29) is 5.69 Å². The van der Waals surface area contributed by atoms with Crippen LogP contribution in [-0.2, 0) is 6.73 Å². The number of nitro groups is 1. The molecule has 20 heavy (non-hydrogen) atoms. The first-order chi connectivity index (χ1) is 9.74. The topological polar surface area (TPSA) is 70.2 Å². The summed E-state index contributed by atoms with van der Waals surface area (Å²) in [6, 6.07) is 13.7. The fourth-order valence-corrected chi connectivity index (χ4v) is 1.92. The minimum absolute atomic E-state index is 0.0467. The van der Waals surface area contributed by atoms with Gasteiger partial charge in [-0.05, 0) is 24.3 Å². The minimum Gasteiger partial charge on any atom is -0.473 e. The van der Waals surface area contributed by atoms with Gasteiger partial charge in [0.15, 0.2) is 6.73 Å². The number of nitrogens with zero attached hydrogens (tertiary/aromatic N) is 3. The van der Waals surface area contributed by atoms with Crippen LogP contribution in [0.2, 0.25) is 0 Å². The molecule has 1 aromatic heterocycles. The quantitative estimate of drug-likeness (QED) is 0.539. The van der Waals surface area contributed by atoms with E-state index in [0.717, 1.165) is 11.0 Å². The maximum atomic E-state index is 10.6. The lowest BCUT2D eigenvalue weighted by Gasteiger charge is -2.07. The third-order valence-corrected chi connectivity index (χ3v) is 2.95. The van der Waals surface area contributed by atoms with Crippen LogP contribution >= 0.6 is 0 Å². The molecule has 0 amide bonds. The molecule has 0 N–H and O–H groups in total. The number of benzene rings is 2. The van der Waals surface area contributed by atoms with E-state index in [0.29, 0.717) is 12.5 Å². The zero-order valence-corrected chi connectivity index (χ0v) is 10.5. The molecule has 0 saturated heterocycles. The van der Waals surface area contributed by atoms with Crippen molar-refractivity contribution >= 4 is 16.7 Å². The molecule has 6 heteroatoms. The largest absolute Gasteiger partial charge is 0.473 e. The highest BCUT2D eigenvalue weighted by Crippen LogP contribution is 2.18. The first-order valence-corrected chi connectivity index (χ1v) is 6.01. The van der Waals surface area contributed by atoms with Crippen molar-refractivity contribution in [3.05, 3.63) is 65.0 Å². The van der Waals surface area contributed by atoms with Gasteiger partial charge in [-0.25, -0.2) is 4.98 Å². The van der Waals surface area contributed by atoms with Gasteiger partial charge in [0.25, 0.3) is 5.69 Å². The number of ether oxygens (including phenoxy) is 1. The van der Waals surface area contributed by atoms with Gasteiger partial charge in [-0.3, -0.25) is 14.7 Å². The van der Waals surface area contributed by atoms with E-state index in [1.165, 1.54) is 12.1 Å². The summed E-state index contributed by atoms with van der Waals surface area (Å²) in [5.74, 6) is 0.577. The Bertz CT molecular complexity index is 750. The van der Waals surface area contributed by atoms with Crippen molar-refractivity contribution in [2.75, 3.05) is 0 Å². The number of rotatable bonds is 4. The van der Waals surface area contributed by atoms with Crippen LogP contribution in [0.1, 0.15) is 0 Å². The Morgan fingerprint density at radius 2 is 1.90 bits per heavy atom. The standard InChI is InChI=1S/C14H11N3O3/c18-17(19)11-5-7-12(8-6-11)20-10-16-9-15-13-3-1-2-4-14(13)16/h1-9H,10H2. The van der Waals surface area contributed by atoms with E-state index in [4.69, 9.17) is 4.74 Å². The van der Waals surface area contributed by atoms with Gasteiger partial charge in [0.1, 0.15) is 5.75 Å². The molecular weight excluding hydrogens is 258 g/mol. The number of para-hydroxylation sites is 2. The molecule has 0 aliphatic heterocycles. The Morgan fingerprint density at radius 1 is 1.15 bits per heavy atom. The maximum absolute atomic E-state index is 10.6. The molecule has 0 spiro atoms. The lowest BCUT2D eigenvalue weighted by Crippen LogP contribution is -2.03. The molecule has 2 aromatic carbocycles. The van der Waals surface area contributed by atoms with Crippen LogP contribution in [-0.4, -0.2) is 14.5 Å². The maximum Gasteiger partial charge on any atom is 0.269 e. The number of aromatic nitrogens is 2. The van der Waals surface area contributed by atoms with Crippen molar-refractivity contribution in [2.45, 2.75) is 6.73 Å². The van der Waals surface area contributed by atoms with Crippen LogP contribution in [0.15, 0.2) is 54.9 Å². The van der Waals surface area contributed by atoms with Gasteiger partial charge in [0, 0.05) is 12.1 Å². The number of fused-ring (bicyclic) bond motifs is 1. The van der Waals surface area contributed by atoms with Gasteiger partial charge >= 0.3 is 0 Å². The molecule has 3 rings (SSSR count). The second-order valence-corrected chi connectivity index (χ2v) is 4.23. The Morgan fingerprint density at radius 3 is 2.65 bits per heavy atom. The summed E-state index contributed by atoms with van der Waals surface area (Å²) in [6.07, 6.45) is 1.70. The van der Waals surface area contributed by atoms with E-state index < -0.39 is 4.92 Å². The predicted octanol–water partition coefficient (Wildman–Crippen LogP) is 2.98. The lowest BCUT2D eigenvalue weighted by molar-refractivity contribution is -0.384. The Kier molecular flexibility index (Phi) is 3.04. The summed E-state index contributed by atoms with van der Waals surface area (Å²) in [5.41, 5.74) is 1.93. The zero-order valence-electron chi connectivity index (χ0n) is 10.5. The average Bonchev–Trinajstić information content (AvgIpc) is 2.89. The van der Waals surface area contributed by atoms with Gasteiger partial charge in [-0.15, -0.1) is 0 Å². The molecule has 0 fully saturated rings. The summed E-state index contributed by atoms with van der Waals surface area (Å²) in [5, 5.41) is 10.6. The fraction of sp³-hybridized carbons (Fsp3) is 0.0714. The first-order valence-electron chi connectivity index (χ1n) is 6.01. The normalized spacial score (nSPS) is 10.6. The molecule has 0 aliphatic carbocycles. The molecule has 100 valence electrons. The summed E-state index contributed by atoms with van der Waals surface area (Å²) < 4.78 is 7.47. The average molecular weight is 269 g/mol. The summed E-state index contributed by atoms with van der Waals surface area (Å²) >= 11 is 0. The highest BCUT2D eigenvalue weighted by Gasteiger charge is 2.05. The van der Waals surface area contributed by atoms with Gasteiger partial charge < -0.3 is 4.74 Å². The van der Waals surface area contributed by atoms with Crippen LogP contribution in [0.5, 0.6) is 5.75 Å². The second-order valence-electron chi connectivity index (χ2n) is 4.23. The lowest BCUT2D eigenvalue weighted by atomic mass is 10.3. The smallest absolute Gasteiger partial charge is 0.269 e. The number of hydrogen-bond donors (Lipinski definition) is 0. The van der Waals surface area contributed by atoms with E-state index in [9.17, 15) is 10.1 Å². The van der Waals surface area contributed by atoms with E-state index in [1.54, 1.807) is 18.5 Å². The van der Waals surface area contributed by atoms with E-state index in [1.807, 2.05) is 28.8 Å². The highest BCUT2D eigenvalue weighted by atomic mass is 16.6. The molecule has 0 atom stereocenters. The van der Waals surface area contributed by atoms with Gasteiger partial charge in [-0.1, -0.05) is 12.1 Å². The molecule has 0 aliphatic rings. The van der Waals surface area contributed by atoms with E-state index >= 15 is 0 Å². The van der Waals surface area contributed by atoms with Crippen LogP contribution in [0.4, 0.5) is 5.69 Å². The Hall–Kier alpha value is -2.89. The van der Waals surface area contributed by atoms with Crippen molar-refractivity contribution in [3.63, 3.8) is 0 Å². The number of imidazole rings is 1. The van der Waals surface area contributed by atoms with Crippen LogP contribution in [0.25, 0.3) is 11.0 Å². The molecule has 0 saturated carbocycles. The molecule has 0 bridgehead atoms. The summed E-state index contributed by atoms with van der Waals surface area (Å²) in [6.45, 7) is 0.304. The molecular formula is C14H11N3O3. The van der Waals surface area contributed by atoms with Crippen molar-refractivity contribution in [1.29, 1.82) is 0 Å². The SMILES string of the molecule is O=[N+]([O-])c1ccc(OCn2cnc3ccccc32)cc1. The fourth-order valence-electron chi connectivity index (χ4n) is 1.92. The first kappa shape index (κ1) is 12.2. The van der Waals surface area contributed by atoms with Gasteiger partial charge in [0.05, 0.1) is 22.3 Å². The van der Waals surface area contributed by atoms with Crippen molar-refractivity contribution in [1.82, 2.24) is 9.55 Å². The Labute approximate surface area is 114 Å². The molecule has 0 unspecified atom stereocenters. The Balaban J connectivity index is 1.74. The van der Waals surface area contributed by atoms with Crippen molar-refractivity contribution in [2.24, 2.45) is 0 Å². The van der Waals surface area contributed by atoms with Crippen LogP contribution < -0.4 is 4.74 Å². The second kappa shape index (κ2) is 5.00. The third-order valence-electron chi connectivity index (χ3n) is 2.95. The molecule has 6 nitrogen and oxygen atoms in total. The minimum atomic E-state index is -0.437. The number of nitro benzene ring substituents is 1. The number of hydrogen-bond acceptors (Lipinski definition) is 4. The molecule has 3 aromatic rings. The van der Waals surface area contributed by atoms with Gasteiger partial charge in [0.2, 0.25) is 0 Å². The van der Waals surface area contributed by atoms with E-state index in [2.05, 4.69) is 4.98 Å². The summed E-state index contributed by atoms with van der Waals surface area (Å²) in [4.78, 5) is 14.4. The van der Waals surface area contributed by atoms with Crippen LogP contribution in [0, 0.1) is 10.1 Å². The van der Waals surface area contributed by atoms with Crippen molar-refractivity contribution < 1.29 is 9.66 Å². The zero-order chi connectivity index (χ0) is 13.9. The molecule has 0 radical (unpaired) electrons. The number of non-ortho nitro benzene ring substituents is 1. The highest BCUT2D eigenvalue weighted by molar-refractivity contribution is 5.74. The molecule has 1 heterocycles. The predicted molar refractivity (Wildman–Crippen MR) is 73.5 cm³/mol. The van der Waals surface area contributed by atoms with Crippen molar-refractivity contribution in [3.8, 4) is 5.75 Å². The van der Waals surface area contributed by atoms with Crippen LogP contribution in [0.3, 0.4) is 0 Å². The van der Waals surface area contributed by atoms with Gasteiger partial charge in [-0.2, -0.15) is 0 Å².